The summed E-state index contributed by atoms with van der Waals surface area (Å²) in [7, 11) is -1.46. The number of hydrogen-bond acceptors (Lipinski definition) is 4. The molecule has 0 radical (unpaired) electrons. The fraction of sp³-hybridized carbons (Fsp3) is 0.885. The Balaban J connectivity index is 1.60. The molecule has 0 amide bonds. The molecular formula is C26H47NO3Si2. The van der Waals surface area contributed by atoms with E-state index in [1.165, 1.54) is 37.8 Å². The summed E-state index contributed by atoms with van der Waals surface area (Å²) in [5.74, 6) is 2.15. The second kappa shape index (κ2) is 8.35. The molecule has 3 fully saturated rings. The van der Waals surface area contributed by atoms with E-state index in [-0.39, 0.29) is 11.5 Å². The van der Waals surface area contributed by atoms with Crippen LogP contribution in [0.5, 0.6) is 0 Å². The van der Waals surface area contributed by atoms with Gasteiger partial charge in [0.1, 0.15) is 7.11 Å². The zero-order valence-corrected chi connectivity index (χ0v) is 24.1. The van der Waals surface area contributed by atoms with E-state index >= 15 is 0 Å². The summed E-state index contributed by atoms with van der Waals surface area (Å²) < 4.78 is 13.2. The second-order valence-electron chi connectivity index (χ2n) is 13.4. The van der Waals surface area contributed by atoms with Crippen LogP contribution in [0.15, 0.2) is 16.8 Å². The minimum Gasteiger partial charge on any atom is -0.414 e. The molecule has 0 aromatic rings. The predicted molar refractivity (Wildman–Crippen MR) is 138 cm³/mol. The Morgan fingerprint density at radius 2 is 1.56 bits per heavy atom. The molecule has 7 atom stereocenters. The first-order valence-electron chi connectivity index (χ1n) is 12.9. The summed E-state index contributed by atoms with van der Waals surface area (Å²) in [4.78, 5) is 5.38. The van der Waals surface area contributed by atoms with Gasteiger partial charge in [0.05, 0.1) is 11.8 Å². The zero-order chi connectivity index (χ0) is 23.5. The average molecular weight is 478 g/mol. The fourth-order valence-electron chi connectivity index (χ4n) is 7.80. The highest BCUT2D eigenvalue weighted by molar-refractivity contribution is 6.70. The molecule has 0 spiro atoms. The smallest absolute Gasteiger partial charge is 0.184 e. The Labute approximate surface area is 198 Å². The van der Waals surface area contributed by atoms with Crippen molar-refractivity contribution >= 4 is 22.3 Å². The molecule has 0 bridgehead atoms. The monoisotopic (exact) mass is 477 g/mol. The van der Waals surface area contributed by atoms with Crippen molar-refractivity contribution in [1.82, 2.24) is 0 Å². The van der Waals surface area contributed by atoms with Crippen LogP contribution in [0.3, 0.4) is 0 Å². The second-order valence-corrected chi connectivity index (χ2v) is 22.3. The van der Waals surface area contributed by atoms with E-state index in [2.05, 4.69) is 64.4 Å². The van der Waals surface area contributed by atoms with Crippen LogP contribution >= 0.6 is 0 Å². The summed E-state index contributed by atoms with van der Waals surface area (Å²) in [6, 6.07) is 0. The molecule has 4 nitrogen and oxygen atoms in total. The molecule has 3 saturated carbocycles. The first kappa shape index (κ1) is 24.7. The summed E-state index contributed by atoms with van der Waals surface area (Å²) >= 11 is 0. The molecule has 0 N–H and O–H groups in total. The van der Waals surface area contributed by atoms with Gasteiger partial charge in [0.2, 0.25) is 0 Å². The van der Waals surface area contributed by atoms with Crippen molar-refractivity contribution in [2.24, 2.45) is 33.7 Å². The molecule has 0 heterocycles. The summed E-state index contributed by atoms with van der Waals surface area (Å²) in [5.41, 5.74) is 3.36. The predicted octanol–water partition coefficient (Wildman–Crippen LogP) is 7.00. The molecular weight excluding hydrogens is 430 g/mol. The number of oxime groups is 1. The van der Waals surface area contributed by atoms with Crippen LogP contribution in [0.1, 0.15) is 58.8 Å². The van der Waals surface area contributed by atoms with Crippen molar-refractivity contribution in [3.8, 4) is 0 Å². The van der Waals surface area contributed by atoms with Gasteiger partial charge in [0.25, 0.3) is 0 Å². The van der Waals surface area contributed by atoms with Crippen LogP contribution in [0, 0.1) is 28.6 Å². The molecule has 6 heteroatoms. The zero-order valence-electron chi connectivity index (χ0n) is 22.1. The maximum atomic E-state index is 6.69. The lowest BCUT2D eigenvalue weighted by Gasteiger charge is -2.57. The maximum Gasteiger partial charge on any atom is 0.184 e. The van der Waals surface area contributed by atoms with E-state index in [4.69, 9.17) is 13.7 Å². The van der Waals surface area contributed by atoms with E-state index < -0.39 is 16.6 Å². The van der Waals surface area contributed by atoms with Gasteiger partial charge in [-0.2, -0.15) is 0 Å². The van der Waals surface area contributed by atoms with E-state index in [1.54, 1.807) is 12.7 Å². The van der Waals surface area contributed by atoms with Gasteiger partial charge in [-0.3, -0.25) is 0 Å². The highest BCUT2D eigenvalue weighted by Crippen LogP contribution is 2.64. The van der Waals surface area contributed by atoms with Crippen LogP contribution < -0.4 is 0 Å². The lowest BCUT2D eigenvalue weighted by Crippen LogP contribution is -2.51. The molecule has 0 aromatic heterocycles. The van der Waals surface area contributed by atoms with E-state index in [0.29, 0.717) is 17.4 Å². The topological polar surface area (TPSA) is 40.0 Å². The largest absolute Gasteiger partial charge is 0.414 e. The van der Waals surface area contributed by atoms with Crippen molar-refractivity contribution in [2.45, 2.75) is 110 Å². The summed E-state index contributed by atoms with van der Waals surface area (Å²) in [6.07, 6.45) is 11.7. The third-order valence-electron chi connectivity index (χ3n) is 9.01. The summed E-state index contributed by atoms with van der Waals surface area (Å²) in [5, 5.41) is 4.61. The van der Waals surface area contributed by atoms with Crippen LogP contribution in [-0.2, 0) is 13.7 Å². The van der Waals surface area contributed by atoms with Crippen LogP contribution in [0.25, 0.3) is 0 Å². The third-order valence-corrected chi connectivity index (χ3v) is 11.0. The molecule has 0 aliphatic heterocycles. The standard InChI is InChI=1S/C26H47NO3Si2/c1-25-14-12-19(29-31(4,5)6)16-18(25)10-11-20-21(25)13-15-26(2)22(20)17-23(24(26)27-28-3)30-32(7,8)9/h10,19-23H,11-17H2,1-9H3/b27-24+/t19-,20+,21-,22-,23+,25-,26-/m0/s1. The highest BCUT2D eigenvalue weighted by Gasteiger charge is 2.61. The minimum absolute atomic E-state index is 0.112. The Morgan fingerprint density at radius 3 is 2.19 bits per heavy atom. The van der Waals surface area contributed by atoms with Crippen molar-refractivity contribution in [1.29, 1.82) is 0 Å². The van der Waals surface area contributed by atoms with Gasteiger partial charge < -0.3 is 13.7 Å². The van der Waals surface area contributed by atoms with Gasteiger partial charge in [0, 0.05) is 11.5 Å². The van der Waals surface area contributed by atoms with Crippen LogP contribution in [-0.4, -0.2) is 41.7 Å². The normalized spacial score (nSPS) is 43.3. The highest BCUT2D eigenvalue weighted by atomic mass is 28.4. The molecule has 0 aromatic carbocycles. The minimum atomic E-state index is -1.66. The average Bonchev–Trinajstić information content (AvgIpc) is 2.92. The van der Waals surface area contributed by atoms with Crippen molar-refractivity contribution in [3.63, 3.8) is 0 Å². The molecule has 182 valence electrons. The quantitative estimate of drug-likeness (QED) is 0.243. The van der Waals surface area contributed by atoms with E-state index in [1.807, 2.05) is 0 Å². The molecule has 32 heavy (non-hydrogen) atoms. The van der Waals surface area contributed by atoms with E-state index in [0.717, 1.165) is 24.7 Å². The van der Waals surface area contributed by atoms with Crippen molar-refractivity contribution in [2.75, 3.05) is 7.11 Å². The fourth-order valence-corrected chi connectivity index (χ4v) is 10.1. The van der Waals surface area contributed by atoms with Gasteiger partial charge >= 0.3 is 0 Å². The maximum absolute atomic E-state index is 6.69. The SMILES string of the molecule is CO/N=C1\[C@H](O[Si](C)(C)C)C[C@H]2[C@@H]3CC=C4C[C@@H](O[Si](C)(C)C)CC[C@]4(C)[C@H]3CC[C@]12C. The van der Waals surface area contributed by atoms with Crippen molar-refractivity contribution in [3.05, 3.63) is 11.6 Å². The van der Waals surface area contributed by atoms with Gasteiger partial charge in [-0.05, 0) is 107 Å². The molecule has 4 aliphatic carbocycles. The Bertz CT molecular complexity index is 783. The number of fused-ring (bicyclic) bond motifs is 5. The van der Waals surface area contributed by atoms with Crippen LogP contribution in [0.2, 0.25) is 39.3 Å². The van der Waals surface area contributed by atoms with Crippen LogP contribution in [0.4, 0.5) is 0 Å². The third kappa shape index (κ3) is 4.46. The Morgan fingerprint density at radius 1 is 0.906 bits per heavy atom. The molecule has 0 unspecified atom stereocenters. The lowest BCUT2D eigenvalue weighted by atomic mass is 9.48. The van der Waals surface area contributed by atoms with E-state index in [9.17, 15) is 0 Å². The number of nitrogens with zero attached hydrogens (tertiary/aromatic N) is 1. The lowest BCUT2D eigenvalue weighted by molar-refractivity contribution is -0.0215. The molecule has 4 rings (SSSR count). The number of rotatable bonds is 5. The first-order chi connectivity index (χ1) is 14.8. The molecule has 0 saturated heterocycles. The summed E-state index contributed by atoms with van der Waals surface area (Å²) in [6.45, 7) is 18.9. The number of allylic oxidation sites excluding steroid dienone is 1. The Kier molecular flexibility index (Phi) is 6.44. The Hall–Kier alpha value is -0.436. The van der Waals surface area contributed by atoms with Gasteiger partial charge in [-0.15, -0.1) is 0 Å². The van der Waals surface area contributed by atoms with Gasteiger partial charge in [0.15, 0.2) is 16.6 Å². The van der Waals surface area contributed by atoms with Crippen molar-refractivity contribution < 1.29 is 13.7 Å². The first-order valence-corrected chi connectivity index (χ1v) is 19.8. The molecule has 4 aliphatic rings. The van der Waals surface area contributed by atoms with Gasteiger partial charge in [-0.25, -0.2) is 0 Å². The number of hydrogen-bond donors (Lipinski definition) is 0. The van der Waals surface area contributed by atoms with Gasteiger partial charge in [-0.1, -0.05) is 30.7 Å².